The molecule has 1 unspecified atom stereocenters. The van der Waals surface area contributed by atoms with Crippen LogP contribution in [-0.4, -0.2) is 12.6 Å². The quantitative estimate of drug-likeness (QED) is 0.739. The summed E-state index contributed by atoms with van der Waals surface area (Å²) in [4.78, 5) is 0. The number of benzene rings is 1. The van der Waals surface area contributed by atoms with Crippen molar-refractivity contribution in [3.05, 3.63) is 35.9 Å². The summed E-state index contributed by atoms with van der Waals surface area (Å²) in [6.45, 7) is 4.06. The Bertz CT molecular complexity index is 249. The average Bonchev–Trinajstić information content (AvgIpc) is 2.05. The van der Waals surface area contributed by atoms with Gasteiger partial charge >= 0.3 is 0 Å². The Labute approximate surface area is 80.1 Å². The van der Waals surface area contributed by atoms with Gasteiger partial charge in [0.2, 0.25) is 0 Å². The van der Waals surface area contributed by atoms with Crippen molar-refractivity contribution >= 4 is 0 Å². The number of hydrogen-bond acceptors (Lipinski definition) is 2. The average molecular weight is 178 g/mol. The van der Waals surface area contributed by atoms with Gasteiger partial charge in [-0.05, 0) is 26.5 Å². The minimum Gasteiger partial charge on any atom is -0.324 e. The van der Waals surface area contributed by atoms with E-state index < -0.39 is 0 Å². The van der Waals surface area contributed by atoms with Crippen LogP contribution in [-0.2, 0) is 0 Å². The van der Waals surface area contributed by atoms with Crippen LogP contribution in [0.5, 0.6) is 0 Å². The van der Waals surface area contributed by atoms with Gasteiger partial charge in [0.15, 0.2) is 0 Å². The van der Waals surface area contributed by atoms with E-state index in [0.717, 1.165) is 0 Å². The normalized spacial score (nSPS) is 14.2. The van der Waals surface area contributed by atoms with Crippen LogP contribution in [0.3, 0.4) is 0 Å². The van der Waals surface area contributed by atoms with E-state index in [-0.39, 0.29) is 11.6 Å². The van der Waals surface area contributed by atoms with Crippen LogP contribution in [0.1, 0.15) is 25.5 Å². The Balaban J connectivity index is 2.92. The van der Waals surface area contributed by atoms with Crippen molar-refractivity contribution in [3.8, 4) is 0 Å². The SMILES string of the molecule is CNC(c1ccccc1)C(C)(C)N. The third kappa shape index (κ3) is 2.54. The lowest BCUT2D eigenvalue weighted by Crippen LogP contribution is -2.45. The number of hydrogen-bond donors (Lipinski definition) is 2. The zero-order valence-corrected chi connectivity index (χ0v) is 8.54. The molecular formula is C11H18N2. The highest BCUT2D eigenvalue weighted by Crippen LogP contribution is 2.22. The minimum atomic E-state index is -0.240. The first-order valence-electron chi connectivity index (χ1n) is 4.57. The molecule has 1 aromatic carbocycles. The molecule has 13 heavy (non-hydrogen) atoms. The maximum absolute atomic E-state index is 6.06. The van der Waals surface area contributed by atoms with Crippen molar-refractivity contribution < 1.29 is 0 Å². The standard InChI is InChI=1S/C11H18N2/c1-11(2,12)10(13-3)9-7-5-4-6-8-9/h4-8,10,13H,12H2,1-3H3. The highest BCUT2D eigenvalue weighted by Gasteiger charge is 2.24. The smallest absolute Gasteiger partial charge is 0.0495 e. The van der Waals surface area contributed by atoms with Gasteiger partial charge in [-0.15, -0.1) is 0 Å². The van der Waals surface area contributed by atoms with Crippen molar-refractivity contribution in [2.24, 2.45) is 5.73 Å². The fraction of sp³-hybridized carbons (Fsp3) is 0.455. The molecule has 0 saturated heterocycles. The highest BCUT2D eigenvalue weighted by atomic mass is 14.9. The maximum Gasteiger partial charge on any atom is 0.0495 e. The van der Waals surface area contributed by atoms with Crippen LogP contribution < -0.4 is 11.1 Å². The van der Waals surface area contributed by atoms with E-state index in [1.807, 2.05) is 39.1 Å². The molecule has 0 radical (unpaired) electrons. The van der Waals surface area contributed by atoms with Crippen LogP contribution in [0.4, 0.5) is 0 Å². The largest absolute Gasteiger partial charge is 0.324 e. The summed E-state index contributed by atoms with van der Waals surface area (Å²) in [6, 6.07) is 10.5. The first-order chi connectivity index (χ1) is 6.05. The molecule has 2 nitrogen and oxygen atoms in total. The van der Waals surface area contributed by atoms with E-state index in [9.17, 15) is 0 Å². The van der Waals surface area contributed by atoms with E-state index in [2.05, 4.69) is 17.4 Å². The number of nitrogens with two attached hydrogens (primary N) is 1. The van der Waals surface area contributed by atoms with Gasteiger partial charge in [0.1, 0.15) is 0 Å². The molecule has 0 fully saturated rings. The predicted octanol–water partition coefficient (Wildman–Crippen LogP) is 1.68. The fourth-order valence-electron chi connectivity index (χ4n) is 1.61. The van der Waals surface area contributed by atoms with Crippen LogP contribution in [0.15, 0.2) is 30.3 Å². The van der Waals surface area contributed by atoms with E-state index in [1.54, 1.807) is 0 Å². The van der Waals surface area contributed by atoms with Crippen molar-refractivity contribution in [1.29, 1.82) is 0 Å². The summed E-state index contributed by atoms with van der Waals surface area (Å²) in [5, 5.41) is 3.23. The Hall–Kier alpha value is -0.860. The maximum atomic E-state index is 6.06. The third-order valence-electron chi connectivity index (χ3n) is 2.17. The zero-order valence-electron chi connectivity index (χ0n) is 8.54. The van der Waals surface area contributed by atoms with Crippen molar-refractivity contribution in [2.75, 3.05) is 7.05 Å². The topological polar surface area (TPSA) is 38.0 Å². The van der Waals surface area contributed by atoms with Gasteiger partial charge in [-0.2, -0.15) is 0 Å². The zero-order chi connectivity index (χ0) is 9.90. The number of nitrogens with one attached hydrogen (secondary N) is 1. The van der Waals surface area contributed by atoms with Crippen LogP contribution in [0, 0.1) is 0 Å². The predicted molar refractivity (Wildman–Crippen MR) is 56.5 cm³/mol. The van der Waals surface area contributed by atoms with Crippen molar-refractivity contribution in [2.45, 2.75) is 25.4 Å². The molecule has 0 spiro atoms. The lowest BCUT2D eigenvalue weighted by atomic mass is 9.90. The Morgan fingerprint density at radius 2 is 1.77 bits per heavy atom. The second-order valence-corrected chi connectivity index (χ2v) is 3.95. The number of rotatable bonds is 3. The summed E-state index contributed by atoms with van der Waals surface area (Å²) in [6.07, 6.45) is 0. The molecule has 0 heterocycles. The van der Waals surface area contributed by atoms with Crippen molar-refractivity contribution in [3.63, 3.8) is 0 Å². The fourth-order valence-corrected chi connectivity index (χ4v) is 1.61. The van der Waals surface area contributed by atoms with E-state index in [4.69, 9.17) is 5.73 Å². The Morgan fingerprint density at radius 3 is 2.15 bits per heavy atom. The lowest BCUT2D eigenvalue weighted by molar-refractivity contribution is 0.370. The Morgan fingerprint density at radius 1 is 1.23 bits per heavy atom. The summed E-state index contributed by atoms with van der Waals surface area (Å²) >= 11 is 0. The molecule has 0 bridgehead atoms. The summed E-state index contributed by atoms with van der Waals surface area (Å²) < 4.78 is 0. The summed E-state index contributed by atoms with van der Waals surface area (Å²) in [5.41, 5.74) is 7.05. The third-order valence-corrected chi connectivity index (χ3v) is 2.17. The number of likely N-dealkylation sites (N-methyl/N-ethyl adjacent to an activating group) is 1. The van der Waals surface area contributed by atoms with Crippen LogP contribution in [0.2, 0.25) is 0 Å². The van der Waals surface area contributed by atoms with Gasteiger partial charge in [-0.25, -0.2) is 0 Å². The van der Waals surface area contributed by atoms with Gasteiger partial charge in [-0.3, -0.25) is 0 Å². The Kier molecular flexibility index (Phi) is 3.07. The van der Waals surface area contributed by atoms with Gasteiger partial charge in [0.05, 0.1) is 0 Å². The molecular weight excluding hydrogens is 160 g/mol. The first kappa shape index (κ1) is 10.2. The molecule has 0 saturated carbocycles. The first-order valence-corrected chi connectivity index (χ1v) is 4.57. The van der Waals surface area contributed by atoms with Crippen molar-refractivity contribution in [1.82, 2.24) is 5.32 Å². The molecule has 3 N–H and O–H groups in total. The van der Waals surface area contributed by atoms with Crippen LogP contribution in [0.25, 0.3) is 0 Å². The molecule has 0 aliphatic carbocycles. The van der Waals surface area contributed by atoms with Gasteiger partial charge in [0.25, 0.3) is 0 Å². The lowest BCUT2D eigenvalue weighted by Gasteiger charge is -2.30. The highest BCUT2D eigenvalue weighted by molar-refractivity contribution is 5.21. The molecule has 0 aromatic heterocycles. The molecule has 1 atom stereocenters. The molecule has 0 amide bonds. The molecule has 1 aromatic rings. The van der Waals surface area contributed by atoms with E-state index in [1.165, 1.54) is 5.56 Å². The molecule has 72 valence electrons. The van der Waals surface area contributed by atoms with E-state index >= 15 is 0 Å². The molecule has 2 heteroatoms. The van der Waals surface area contributed by atoms with Gasteiger partial charge < -0.3 is 11.1 Å². The summed E-state index contributed by atoms with van der Waals surface area (Å²) in [7, 11) is 1.94. The summed E-state index contributed by atoms with van der Waals surface area (Å²) in [5.74, 6) is 0. The second kappa shape index (κ2) is 3.90. The molecule has 0 aliphatic heterocycles. The molecule has 1 rings (SSSR count). The molecule has 0 aliphatic rings. The van der Waals surface area contributed by atoms with Crippen LogP contribution >= 0.6 is 0 Å². The van der Waals surface area contributed by atoms with E-state index in [0.29, 0.717) is 0 Å². The van der Waals surface area contributed by atoms with Gasteiger partial charge in [0, 0.05) is 11.6 Å². The monoisotopic (exact) mass is 178 g/mol. The minimum absolute atomic E-state index is 0.202. The second-order valence-electron chi connectivity index (χ2n) is 3.95. The van der Waals surface area contributed by atoms with Gasteiger partial charge in [-0.1, -0.05) is 30.3 Å².